The van der Waals surface area contributed by atoms with Crippen LogP contribution < -0.4 is 5.32 Å². The number of carbonyl (C=O) groups is 1. The Morgan fingerprint density at radius 3 is 3.14 bits per heavy atom. The molecule has 0 bridgehead atoms. The van der Waals surface area contributed by atoms with Crippen LogP contribution in [0, 0.1) is 5.92 Å². The first-order valence-corrected chi connectivity index (χ1v) is 7.98. The molecule has 3 heterocycles. The van der Waals surface area contributed by atoms with Crippen molar-refractivity contribution in [2.45, 2.75) is 26.2 Å². The van der Waals surface area contributed by atoms with Gasteiger partial charge in [0.25, 0.3) is 0 Å². The fourth-order valence-electron chi connectivity index (χ4n) is 3.04. The predicted molar refractivity (Wildman–Crippen MR) is 85.6 cm³/mol. The zero-order valence-electron chi connectivity index (χ0n) is 13.2. The molecule has 1 aliphatic rings. The molecule has 1 fully saturated rings. The average molecular weight is 301 g/mol. The number of rotatable bonds is 4. The van der Waals surface area contributed by atoms with E-state index >= 15 is 0 Å². The minimum Gasteiger partial charge on any atom is -0.338 e. The minimum absolute atomic E-state index is 0.0658. The molecule has 0 radical (unpaired) electrons. The number of nitrogens with zero attached hydrogens (tertiary/aromatic N) is 4. The molecule has 6 nitrogen and oxygen atoms in total. The van der Waals surface area contributed by atoms with Crippen molar-refractivity contribution in [3.8, 4) is 0 Å². The number of aromatic nitrogens is 3. The molecule has 3 rings (SSSR count). The Morgan fingerprint density at radius 1 is 1.50 bits per heavy atom. The first-order valence-electron chi connectivity index (χ1n) is 7.98. The van der Waals surface area contributed by atoms with E-state index in [1.54, 1.807) is 6.20 Å². The number of imidazole rings is 1. The van der Waals surface area contributed by atoms with E-state index in [2.05, 4.69) is 26.8 Å². The van der Waals surface area contributed by atoms with E-state index in [1.165, 1.54) is 0 Å². The molecule has 0 aliphatic carbocycles. The summed E-state index contributed by atoms with van der Waals surface area (Å²) in [5, 5.41) is 2.95. The molecular weight excluding hydrogens is 278 g/mol. The topological polar surface area (TPSA) is 63.1 Å². The zero-order valence-corrected chi connectivity index (χ0v) is 13.2. The SMILES string of the molecule is CCCNC(=O)N1CC[C@@H](Cc2nc3cccnc3n2C)C1. The third-order valence-electron chi connectivity index (χ3n) is 4.29. The Kier molecular flexibility index (Phi) is 4.27. The summed E-state index contributed by atoms with van der Waals surface area (Å²) in [4.78, 5) is 23.0. The van der Waals surface area contributed by atoms with E-state index in [-0.39, 0.29) is 6.03 Å². The van der Waals surface area contributed by atoms with Gasteiger partial charge in [0.05, 0.1) is 0 Å². The summed E-state index contributed by atoms with van der Waals surface area (Å²) in [7, 11) is 2.01. The molecule has 0 saturated carbocycles. The van der Waals surface area contributed by atoms with Gasteiger partial charge in [-0.05, 0) is 30.9 Å². The number of nitrogens with one attached hydrogen (secondary N) is 1. The number of hydrogen-bond acceptors (Lipinski definition) is 3. The van der Waals surface area contributed by atoms with Gasteiger partial charge < -0.3 is 14.8 Å². The largest absolute Gasteiger partial charge is 0.338 e. The molecule has 2 amide bonds. The Bertz CT molecular complexity index is 666. The number of hydrogen-bond donors (Lipinski definition) is 1. The van der Waals surface area contributed by atoms with Gasteiger partial charge in [-0.2, -0.15) is 0 Å². The van der Waals surface area contributed by atoms with Gasteiger partial charge in [0.2, 0.25) is 0 Å². The standard InChI is InChI=1S/C16H23N5O/c1-3-7-18-16(22)21-9-6-12(11-21)10-14-19-13-5-4-8-17-15(13)20(14)2/h4-5,8,12H,3,6-7,9-11H2,1-2H3,(H,18,22)/t12-/m0/s1. The third-order valence-corrected chi connectivity index (χ3v) is 4.29. The Hall–Kier alpha value is -2.11. The first-order chi connectivity index (χ1) is 10.7. The van der Waals surface area contributed by atoms with Crippen molar-refractivity contribution in [3.63, 3.8) is 0 Å². The number of pyridine rings is 1. The highest BCUT2D eigenvalue weighted by Gasteiger charge is 2.27. The van der Waals surface area contributed by atoms with Crippen LogP contribution in [0.1, 0.15) is 25.6 Å². The maximum absolute atomic E-state index is 12.0. The van der Waals surface area contributed by atoms with E-state index in [4.69, 9.17) is 0 Å². The Labute approximate surface area is 130 Å². The summed E-state index contributed by atoms with van der Waals surface area (Å²) in [6.07, 6.45) is 4.69. The molecule has 1 saturated heterocycles. The number of carbonyl (C=O) groups excluding carboxylic acids is 1. The lowest BCUT2D eigenvalue weighted by Crippen LogP contribution is -2.38. The lowest BCUT2D eigenvalue weighted by atomic mass is 10.0. The van der Waals surface area contributed by atoms with E-state index < -0.39 is 0 Å². The van der Waals surface area contributed by atoms with Crippen molar-refractivity contribution < 1.29 is 4.79 Å². The Morgan fingerprint density at radius 2 is 2.36 bits per heavy atom. The van der Waals surface area contributed by atoms with Crippen molar-refractivity contribution in [2.24, 2.45) is 13.0 Å². The van der Waals surface area contributed by atoms with Crippen molar-refractivity contribution in [1.29, 1.82) is 0 Å². The van der Waals surface area contributed by atoms with Crippen LogP contribution in [0.4, 0.5) is 4.79 Å². The van der Waals surface area contributed by atoms with Gasteiger partial charge in [0, 0.05) is 39.3 Å². The van der Waals surface area contributed by atoms with Crippen molar-refractivity contribution in [2.75, 3.05) is 19.6 Å². The lowest BCUT2D eigenvalue weighted by molar-refractivity contribution is 0.207. The average Bonchev–Trinajstić information content (AvgIpc) is 3.11. The summed E-state index contributed by atoms with van der Waals surface area (Å²) in [6.45, 7) is 4.46. The first kappa shape index (κ1) is 14.8. The van der Waals surface area contributed by atoms with Gasteiger partial charge in [-0.15, -0.1) is 0 Å². The fourth-order valence-corrected chi connectivity index (χ4v) is 3.04. The van der Waals surface area contributed by atoms with Gasteiger partial charge in [-0.1, -0.05) is 6.92 Å². The second-order valence-electron chi connectivity index (χ2n) is 5.97. The van der Waals surface area contributed by atoms with Crippen molar-refractivity contribution in [1.82, 2.24) is 24.8 Å². The van der Waals surface area contributed by atoms with Crippen molar-refractivity contribution >= 4 is 17.2 Å². The number of amides is 2. The lowest BCUT2D eigenvalue weighted by Gasteiger charge is -2.17. The fraction of sp³-hybridized carbons (Fsp3) is 0.562. The second kappa shape index (κ2) is 6.34. The highest BCUT2D eigenvalue weighted by molar-refractivity contribution is 5.74. The summed E-state index contributed by atoms with van der Waals surface area (Å²) in [6, 6.07) is 3.97. The molecular formula is C16H23N5O. The van der Waals surface area contributed by atoms with Gasteiger partial charge in [0.1, 0.15) is 11.3 Å². The van der Waals surface area contributed by atoms with Crippen LogP contribution in [-0.2, 0) is 13.5 Å². The third kappa shape index (κ3) is 2.91. The minimum atomic E-state index is 0.0658. The molecule has 1 atom stereocenters. The number of fused-ring (bicyclic) bond motifs is 1. The summed E-state index contributed by atoms with van der Waals surface area (Å²) in [5.74, 6) is 1.53. The molecule has 22 heavy (non-hydrogen) atoms. The molecule has 1 aliphatic heterocycles. The van der Waals surface area contributed by atoms with E-state index in [1.807, 2.05) is 24.1 Å². The Balaban J connectivity index is 1.64. The maximum atomic E-state index is 12.0. The van der Waals surface area contributed by atoms with E-state index in [0.717, 1.165) is 55.9 Å². The van der Waals surface area contributed by atoms with E-state index in [9.17, 15) is 4.79 Å². The van der Waals surface area contributed by atoms with Crippen molar-refractivity contribution in [3.05, 3.63) is 24.2 Å². The predicted octanol–water partition coefficient (Wildman–Crippen LogP) is 1.95. The van der Waals surface area contributed by atoms with Crippen LogP contribution in [0.2, 0.25) is 0 Å². The van der Waals surface area contributed by atoms with Crippen LogP contribution in [0.25, 0.3) is 11.2 Å². The quantitative estimate of drug-likeness (QED) is 0.939. The van der Waals surface area contributed by atoms with Crippen LogP contribution in [0.3, 0.4) is 0 Å². The number of urea groups is 1. The normalized spacial score (nSPS) is 18.1. The van der Waals surface area contributed by atoms with Crippen LogP contribution >= 0.6 is 0 Å². The number of likely N-dealkylation sites (tertiary alicyclic amines) is 1. The highest BCUT2D eigenvalue weighted by Crippen LogP contribution is 2.22. The van der Waals surface area contributed by atoms with Gasteiger partial charge >= 0.3 is 6.03 Å². The molecule has 2 aromatic heterocycles. The van der Waals surface area contributed by atoms with Crippen LogP contribution in [0.15, 0.2) is 18.3 Å². The van der Waals surface area contributed by atoms with Crippen LogP contribution in [0.5, 0.6) is 0 Å². The molecule has 1 N–H and O–H groups in total. The van der Waals surface area contributed by atoms with Gasteiger partial charge in [0.15, 0.2) is 5.65 Å². The summed E-state index contributed by atoms with van der Waals surface area (Å²) < 4.78 is 2.06. The molecule has 0 spiro atoms. The second-order valence-corrected chi connectivity index (χ2v) is 5.97. The van der Waals surface area contributed by atoms with Gasteiger partial charge in [-0.3, -0.25) is 0 Å². The van der Waals surface area contributed by atoms with Gasteiger partial charge in [-0.25, -0.2) is 14.8 Å². The number of aryl methyl sites for hydroxylation is 1. The molecule has 0 aromatic carbocycles. The molecule has 0 unspecified atom stereocenters. The summed E-state index contributed by atoms with van der Waals surface area (Å²) in [5.41, 5.74) is 1.86. The van der Waals surface area contributed by atoms with E-state index in [0.29, 0.717) is 5.92 Å². The molecule has 2 aromatic rings. The van der Waals surface area contributed by atoms with Crippen LogP contribution in [-0.4, -0.2) is 45.1 Å². The zero-order chi connectivity index (χ0) is 15.5. The molecule has 6 heteroatoms. The monoisotopic (exact) mass is 301 g/mol. The summed E-state index contributed by atoms with van der Waals surface area (Å²) >= 11 is 0. The molecule has 118 valence electrons. The highest BCUT2D eigenvalue weighted by atomic mass is 16.2. The maximum Gasteiger partial charge on any atom is 0.317 e. The smallest absolute Gasteiger partial charge is 0.317 e.